The Morgan fingerprint density at radius 1 is 1.45 bits per heavy atom. The van der Waals surface area contributed by atoms with Crippen LogP contribution in [0.3, 0.4) is 0 Å². The number of hydrogen-bond acceptors (Lipinski definition) is 5. The van der Waals surface area contributed by atoms with Gasteiger partial charge in [-0.05, 0) is 30.5 Å². The summed E-state index contributed by atoms with van der Waals surface area (Å²) in [6.45, 7) is 4.42. The zero-order chi connectivity index (χ0) is 14.0. The van der Waals surface area contributed by atoms with E-state index in [4.69, 9.17) is 5.73 Å². The molecule has 2 aliphatic rings. The maximum Gasteiger partial charge on any atom is 0.240 e. The van der Waals surface area contributed by atoms with Crippen molar-refractivity contribution >= 4 is 11.7 Å². The maximum atomic E-state index is 11.8. The smallest absolute Gasteiger partial charge is 0.240 e. The molecule has 2 heterocycles. The third-order valence-corrected chi connectivity index (χ3v) is 3.94. The highest BCUT2D eigenvalue weighted by Crippen LogP contribution is 2.32. The number of aromatic nitrogens is 1. The minimum absolute atomic E-state index is 0.0435. The number of pyridine rings is 1. The van der Waals surface area contributed by atoms with E-state index in [0.29, 0.717) is 6.54 Å². The first kappa shape index (κ1) is 13.3. The third-order valence-electron chi connectivity index (χ3n) is 3.94. The number of hydrogen-bond donors (Lipinski definition) is 3. The van der Waals surface area contributed by atoms with Gasteiger partial charge in [-0.2, -0.15) is 0 Å². The SMILES string of the molecule is NC1(C(=O)NCc2ccnc(N3CCNCC3)c2)CC1. The van der Waals surface area contributed by atoms with Crippen molar-refractivity contribution in [3.8, 4) is 0 Å². The highest BCUT2D eigenvalue weighted by molar-refractivity contribution is 5.88. The van der Waals surface area contributed by atoms with Gasteiger partial charge in [0.05, 0.1) is 5.54 Å². The zero-order valence-corrected chi connectivity index (χ0v) is 11.6. The maximum absolute atomic E-state index is 11.8. The van der Waals surface area contributed by atoms with Gasteiger partial charge < -0.3 is 21.3 Å². The number of carbonyl (C=O) groups excluding carboxylic acids is 1. The van der Waals surface area contributed by atoms with E-state index in [0.717, 1.165) is 50.4 Å². The van der Waals surface area contributed by atoms with Crippen LogP contribution >= 0.6 is 0 Å². The van der Waals surface area contributed by atoms with E-state index in [1.165, 1.54) is 0 Å². The molecular formula is C14H21N5O. The molecule has 1 amide bonds. The fourth-order valence-electron chi connectivity index (χ4n) is 2.36. The Balaban J connectivity index is 1.60. The van der Waals surface area contributed by atoms with Crippen LogP contribution in [0.15, 0.2) is 18.3 Å². The van der Waals surface area contributed by atoms with Gasteiger partial charge in [0.25, 0.3) is 0 Å². The van der Waals surface area contributed by atoms with Crippen molar-refractivity contribution < 1.29 is 4.79 Å². The molecule has 6 nitrogen and oxygen atoms in total. The molecular weight excluding hydrogens is 254 g/mol. The number of amides is 1. The number of nitrogens with one attached hydrogen (secondary N) is 2. The summed E-state index contributed by atoms with van der Waals surface area (Å²) >= 11 is 0. The van der Waals surface area contributed by atoms with Gasteiger partial charge in [0.2, 0.25) is 5.91 Å². The first-order valence-corrected chi connectivity index (χ1v) is 7.15. The molecule has 0 spiro atoms. The van der Waals surface area contributed by atoms with Crippen molar-refractivity contribution in [3.63, 3.8) is 0 Å². The molecule has 3 rings (SSSR count). The second-order valence-electron chi connectivity index (χ2n) is 5.60. The molecule has 0 bridgehead atoms. The molecule has 1 aromatic heterocycles. The summed E-state index contributed by atoms with van der Waals surface area (Å²) in [5.74, 6) is 0.935. The standard InChI is InChI=1S/C14H21N5O/c15-14(2-3-14)13(20)18-10-11-1-4-17-12(9-11)19-7-5-16-6-8-19/h1,4,9,16H,2-3,5-8,10,15H2,(H,18,20). The Bertz CT molecular complexity index is 494. The molecule has 20 heavy (non-hydrogen) atoms. The minimum atomic E-state index is -0.603. The van der Waals surface area contributed by atoms with Crippen LogP contribution < -0.4 is 21.3 Å². The zero-order valence-electron chi connectivity index (χ0n) is 11.6. The van der Waals surface area contributed by atoms with Crippen molar-refractivity contribution in [1.82, 2.24) is 15.6 Å². The number of nitrogens with two attached hydrogens (primary N) is 1. The highest BCUT2D eigenvalue weighted by Gasteiger charge is 2.45. The quantitative estimate of drug-likeness (QED) is 0.696. The Labute approximate surface area is 118 Å². The van der Waals surface area contributed by atoms with Crippen LogP contribution in [0.25, 0.3) is 0 Å². The van der Waals surface area contributed by atoms with E-state index in [2.05, 4.69) is 20.5 Å². The predicted octanol–water partition coefficient (Wildman–Crippen LogP) is -0.401. The van der Waals surface area contributed by atoms with Gasteiger partial charge in [0.15, 0.2) is 0 Å². The fraction of sp³-hybridized carbons (Fsp3) is 0.571. The van der Waals surface area contributed by atoms with Crippen LogP contribution in [0.2, 0.25) is 0 Å². The molecule has 1 saturated heterocycles. The fourth-order valence-corrected chi connectivity index (χ4v) is 2.36. The molecule has 4 N–H and O–H groups in total. The first-order valence-electron chi connectivity index (χ1n) is 7.15. The van der Waals surface area contributed by atoms with Crippen molar-refractivity contribution in [3.05, 3.63) is 23.9 Å². The van der Waals surface area contributed by atoms with E-state index in [9.17, 15) is 4.79 Å². The van der Waals surface area contributed by atoms with Gasteiger partial charge in [0, 0.05) is 38.9 Å². The van der Waals surface area contributed by atoms with E-state index < -0.39 is 5.54 Å². The summed E-state index contributed by atoms with van der Waals surface area (Å²) < 4.78 is 0. The lowest BCUT2D eigenvalue weighted by Gasteiger charge is -2.28. The molecule has 108 valence electrons. The molecule has 2 fully saturated rings. The number of piperazine rings is 1. The summed E-state index contributed by atoms with van der Waals surface area (Å²) in [4.78, 5) is 18.5. The number of carbonyl (C=O) groups is 1. The summed E-state index contributed by atoms with van der Waals surface area (Å²) in [5.41, 5.74) is 6.32. The van der Waals surface area contributed by atoms with Crippen LogP contribution in [-0.2, 0) is 11.3 Å². The number of rotatable bonds is 4. The van der Waals surface area contributed by atoms with Crippen molar-refractivity contribution in [2.24, 2.45) is 5.73 Å². The van der Waals surface area contributed by atoms with Crippen LogP contribution in [0, 0.1) is 0 Å². The number of anilines is 1. The Hall–Kier alpha value is -1.66. The van der Waals surface area contributed by atoms with Crippen LogP contribution in [0.5, 0.6) is 0 Å². The largest absolute Gasteiger partial charge is 0.354 e. The molecule has 0 aromatic carbocycles. The molecule has 1 saturated carbocycles. The highest BCUT2D eigenvalue weighted by atomic mass is 16.2. The Kier molecular flexibility index (Phi) is 3.58. The lowest BCUT2D eigenvalue weighted by molar-refractivity contribution is -0.123. The monoisotopic (exact) mass is 275 g/mol. The van der Waals surface area contributed by atoms with Gasteiger partial charge in [-0.1, -0.05) is 0 Å². The Morgan fingerprint density at radius 3 is 2.90 bits per heavy atom. The van der Waals surface area contributed by atoms with Crippen molar-refractivity contribution in [2.75, 3.05) is 31.1 Å². The van der Waals surface area contributed by atoms with Gasteiger partial charge in [0.1, 0.15) is 5.82 Å². The average Bonchev–Trinajstić information content (AvgIpc) is 3.25. The van der Waals surface area contributed by atoms with E-state index in [1.807, 2.05) is 12.1 Å². The van der Waals surface area contributed by atoms with Gasteiger partial charge >= 0.3 is 0 Å². The molecule has 0 radical (unpaired) electrons. The lowest BCUT2D eigenvalue weighted by atomic mass is 10.2. The summed E-state index contributed by atoms with van der Waals surface area (Å²) in [6, 6.07) is 3.98. The molecule has 0 atom stereocenters. The number of nitrogens with zero attached hydrogens (tertiary/aromatic N) is 2. The van der Waals surface area contributed by atoms with Crippen molar-refractivity contribution in [2.45, 2.75) is 24.9 Å². The minimum Gasteiger partial charge on any atom is -0.354 e. The third kappa shape index (κ3) is 2.91. The average molecular weight is 275 g/mol. The molecule has 6 heteroatoms. The molecule has 0 unspecified atom stereocenters. The lowest BCUT2D eigenvalue weighted by Crippen LogP contribution is -2.44. The van der Waals surface area contributed by atoms with E-state index in [-0.39, 0.29) is 5.91 Å². The van der Waals surface area contributed by atoms with Gasteiger partial charge in [-0.15, -0.1) is 0 Å². The summed E-state index contributed by atoms with van der Waals surface area (Å²) in [6.07, 6.45) is 3.39. The normalized spacial score (nSPS) is 20.6. The second-order valence-corrected chi connectivity index (χ2v) is 5.60. The second kappa shape index (κ2) is 5.38. The molecule has 1 aromatic rings. The van der Waals surface area contributed by atoms with Crippen LogP contribution in [-0.4, -0.2) is 42.6 Å². The predicted molar refractivity (Wildman–Crippen MR) is 77.3 cm³/mol. The van der Waals surface area contributed by atoms with Gasteiger partial charge in [-0.25, -0.2) is 4.98 Å². The first-order chi connectivity index (χ1) is 9.67. The Morgan fingerprint density at radius 2 is 2.20 bits per heavy atom. The summed E-state index contributed by atoms with van der Waals surface area (Å²) in [7, 11) is 0. The van der Waals surface area contributed by atoms with Crippen molar-refractivity contribution in [1.29, 1.82) is 0 Å². The van der Waals surface area contributed by atoms with E-state index >= 15 is 0 Å². The molecule has 1 aliphatic carbocycles. The van der Waals surface area contributed by atoms with Crippen LogP contribution in [0.4, 0.5) is 5.82 Å². The topological polar surface area (TPSA) is 83.3 Å². The van der Waals surface area contributed by atoms with Crippen LogP contribution in [0.1, 0.15) is 18.4 Å². The summed E-state index contributed by atoms with van der Waals surface area (Å²) in [5, 5.41) is 6.23. The molecule has 1 aliphatic heterocycles. The van der Waals surface area contributed by atoms with E-state index in [1.54, 1.807) is 6.20 Å². The van der Waals surface area contributed by atoms with Gasteiger partial charge in [-0.3, -0.25) is 4.79 Å².